The second kappa shape index (κ2) is 9.46. The third-order valence-electron chi connectivity index (χ3n) is 5.56. The highest BCUT2D eigenvalue weighted by atomic mass is 32.2. The lowest BCUT2D eigenvalue weighted by atomic mass is 10.1. The van der Waals surface area contributed by atoms with E-state index in [1.54, 1.807) is 4.90 Å². The van der Waals surface area contributed by atoms with Gasteiger partial charge < -0.3 is 4.90 Å². The van der Waals surface area contributed by atoms with Crippen molar-refractivity contribution in [2.75, 3.05) is 23.8 Å². The van der Waals surface area contributed by atoms with E-state index in [-0.39, 0.29) is 29.2 Å². The van der Waals surface area contributed by atoms with E-state index < -0.39 is 9.84 Å². The summed E-state index contributed by atoms with van der Waals surface area (Å²) < 4.78 is 25.7. The van der Waals surface area contributed by atoms with E-state index in [2.05, 4.69) is 16.3 Å². The molecule has 0 bridgehead atoms. The third-order valence-corrected chi connectivity index (χ3v) is 8.22. The van der Waals surface area contributed by atoms with E-state index in [0.717, 1.165) is 16.8 Å². The minimum Gasteiger partial charge on any atom is -0.338 e. The summed E-state index contributed by atoms with van der Waals surface area (Å²) in [4.78, 5) is 14.7. The number of benzene rings is 2. The first-order valence-electron chi connectivity index (χ1n) is 10.6. The predicted octanol–water partition coefficient (Wildman–Crippen LogP) is 3.37. The quantitative estimate of drug-likeness (QED) is 0.492. The number of aromatic nitrogens is 3. The number of carbonyl (C=O) groups excluding carboxylic acids is 1. The van der Waals surface area contributed by atoms with Gasteiger partial charge in [-0.15, -0.1) is 10.2 Å². The average molecular weight is 471 g/mol. The Morgan fingerprint density at radius 2 is 1.94 bits per heavy atom. The number of carbonyl (C=O) groups is 1. The minimum atomic E-state index is -3.05. The molecule has 0 N–H and O–H groups in total. The fourth-order valence-corrected chi connectivity index (χ4v) is 6.58. The smallest absolute Gasteiger partial charge is 0.233 e. The molecule has 3 aromatic rings. The van der Waals surface area contributed by atoms with Crippen molar-refractivity contribution in [1.82, 2.24) is 19.7 Å². The van der Waals surface area contributed by atoms with Crippen molar-refractivity contribution in [2.45, 2.75) is 31.5 Å². The number of sulfone groups is 1. The normalized spacial score (nSPS) is 17.4. The van der Waals surface area contributed by atoms with Crippen molar-refractivity contribution >= 4 is 27.5 Å². The van der Waals surface area contributed by atoms with Crippen LogP contribution in [0, 0.1) is 6.92 Å². The molecule has 0 aliphatic carbocycles. The summed E-state index contributed by atoms with van der Waals surface area (Å²) in [7, 11) is -3.05. The van der Waals surface area contributed by atoms with Crippen LogP contribution in [0.3, 0.4) is 0 Å². The Morgan fingerprint density at radius 3 is 2.59 bits per heavy atom. The Bertz CT molecular complexity index is 1210. The van der Waals surface area contributed by atoms with Gasteiger partial charge in [-0.25, -0.2) is 8.42 Å². The molecule has 1 amide bonds. The van der Waals surface area contributed by atoms with Crippen molar-refractivity contribution in [3.05, 3.63) is 60.2 Å². The van der Waals surface area contributed by atoms with Gasteiger partial charge in [-0.2, -0.15) is 0 Å². The average Bonchev–Trinajstić information content (AvgIpc) is 3.36. The molecule has 0 spiro atoms. The summed E-state index contributed by atoms with van der Waals surface area (Å²) in [6.07, 6.45) is 0.504. The first-order valence-corrected chi connectivity index (χ1v) is 13.4. The van der Waals surface area contributed by atoms with Gasteiger partial charge in [0.2, 0.25) is 5.91 Å². The van der Waals surface area contributed by atoms with Crippen LogP contribution in [0.4, 0.5) is 0 Å². The maximum Gasteiger partial charge on any atom is 0.233 e. The van der Waals surface area contributed by atoms with Crippen LogP contribution in [-0.4, -0.2) is 63.8 Å². The van der Waals surface area contributed by atoms with E-state index >= 15 is 0 Å². The summed E-state index contributed by atoms with van der Waals surface area (Å²) in [5.74, 6) is 0.998. The molecule has 1 fully saturated rings. The van der Waals surface area contributed by atoms with E-state index in [1.165, 1.54) is 11.8 Å². The number of para-hydroxylation sites is 1. The number of hydrogen-bond donors (Lipinski definition) is 0. The topological polar surface area (TPSA) is 85.2 Å². The largest absolute Gasteiger partial charge is 0.338 e. The monoisotopic (exact) mass is 470 g/mol. The molecule has 0 unspecified atom stereocenters. The van der Waals surface area contributed by atoms with Crippen LogP contribution in [-0.2, 0) is 14.6 Å². The molecule has 0 radical (unpaired) electrons. The molecular formula is C23H26N4O3S2. The van der Waals surface area contributed by atoms with Crippen LogP contribution in [0.2, 0.25) is 0 Å². The second-order valence-electron chi connectivity index (χ2n) is 7.87. The van der Waals surface area contributed by atoms with Crippen molar-refractivity contribution < 1.29 is 13.2 Å². The van der Waals surface area contributed by atoms with Gasteiger partial charge in [0.25, 0.3) is 0 Å². The van der Waals surface area contributed by atoms with Crippen LogP contribution in [0.1, 0.15) is 18.9 Å². The van der Waals surface area contributed by atoms with E-state index in [4.69, 9.17) is 0 Å². The highest BCUT2D eigenvalue weighted by Crippen LogP contribution is 2.29. The molecular weight excluding hydrogens is 444 g/mol. The molecule has 1 aromatic heterocycles. The van der Waals surface area contributed by atoms with Gasteiger partial charge in [0, 0.05) is 23.8 Å². The fraction of sp³-hybridized carbons (Fsp3) is 0.348. The van der Waals surface area contributed by atoms with Crippen molar-refractivity contribution in [2.24, 2.45) is 0 Å². The molecule has 9 heteroatoms. The number of hydrogen-bond acceptors (Lipinski definition) is 6. The number of amides is 1. The van der Waals surface area contributed by atoms with Gasteiger partial charge in [-0.3, -0.25) is 9.36 Å². The lowest BCUT2D eigenvalue weighted by molar-refractivity contribution is -0.129. The van der Waals surface area contributed by atoms with E-state index in [9.17, 15) is 13.2 Å². The second-order valence-corrected chi connectivity index (χ2v) is 11.0. The lowest BCUT2D eigenvalue weighted by Gasteiger charge is -2.26. The molecule has 1 aliphatic rings. The Kier molecular flexibility index (Phi) is 6.66. The summed E-state index contributed by atoms with van der Waals surface area (Å²) in [5, 5.41) is 9.44. The Labute approximate surface area is 192 Å². The van der Waals surface area contributed by atoms with Gasteiger partial charge >= 0.3 is 0 Å². The third kappa shape index (κ3) is 4.88. The van der Waals surface area contributed by atoms with Crippen molar-refractivity contribution in [3.8, 4) is 17.1 Å². The standard InChI is InChI=1S/C23H26N4O3S2/c1-3-26(20-12-13-32(29,30)16-20)21(28)15-31-23-25-24-22(18-9-7-8-17(2)14-18)27(23)19-10-5-4-6-11-19/h4-11,14,20H,3,12-13,15-16H2,1-2H3/t20-/m0/s1. The zero-order valence-electron chi connectivity index (χ0n) is 18.1. The predicted molar refractivity (Wildman–Crippen MR) is 127 cm³/mol. The molecule has 2 aromatic carbocycles. The summed E-state index contributed by atoms with van der Waals surface area (Å²) >= 11 is 1.32. The summed E-state index contributed by atoms with van der Waals surface area (Å²) in [6.45, 7) is 4.40. The highest BCUT2D eigenvalue weighted by Gasteiger charge is 2.34. The fourth-order valence-electron chi connectivity index (χ4n) is 4.01. The van der Waals surface area contributed by atoms with Gasteiger partial charge in [0.15, 0.2) is 20.8 Å². The number of aryl methyl sites for hydroxylation is 1. The Morgan fingerprint density at radius 1 is 1.16 bits per heavy atom. The van der Waals surface area contributed by atoms with E-state index in [1.807, 2.05) is 66.9 Å². The molecule has 168 valence electrons. The first-order chi connectivity index (χ1) is 15.4. The first kappa shape index (κ1) is 22.5. The molecule has 2 heterocycles. The van der Waals surface area contributed by atoms with Gasteiger partial charge in [0.1, 0.15) is 0 Å². The van der Waals surface area contributed by atoms with Gasteiger partial charge in [-0.1, -0.05) is 53.7 Å². The lowest BCUT2D eigenvalue weighted by Crippen LogP contribution is -2.42. The van der Waals surface area contributed by atoms with Gasteiger partial charge in [-0.05, 0) is 38.5 Å². The molecule has 1 atom stereocenters. The zero-order chi connectivity index (χ0) is 22.7. The molecule has 0 saturated carbocycles. The maximum absolute atomic E-state index is 13.0. The molecule has 32 heavy (non-hydrogen) atoms. The van der Waals surface area contributed by atoms with Crippen LogP contribution in [0.15, 0.2) is 59.8 Å². The highest BCUT2D eigenvalue weighted by molar-refractivity contribution is 7.99. The molecule has 4 rings (SSSR count). The Hall–Kier alpha value is -2.65. The van der Waals surface area contributed by atoms with Gasteiger partial charge in [0.05, 0.1) is 17.3 Å². The van der Waals surface area contributed by atoms with Crippen molar-refractivity contribution in [1.29, 1.82) is 0 Å². The number of rotatable bonds is 7. The molecule has 1 aliphatic heterocycles. The minimum absolute atomic E-state index is 0.0505. The zero-order valence-corrected chi connectivity index (χ0v) is 19.8. The number of thioether (sulfide) groups is 1. The molecule has 1 saturated heterocycles. The summed E-state index contributed by atoms with van der Waals surface area (Å²) in [5.41, 5.74) is 2.99. The van der Waals surface area contributed by atoms with Crippen LogP contribution in [0.5, 0.6) is 0 Å². The van der Waals surface area contributed by atoms with Crippen LogP contribution < -0.4 is 0 Å². The molecule has 7 nitrogen and oxygen atoms in total. The number of nitrogens with zero attached hydrogens (tertiary/aromatic N) is 4. The van der Waals surface area contributed by atoms with Crippen LogP contribution >= 0.6 is 11.8 Å². The van der Waals surface area contributed by atoms with Crippen molar-refractivity contribution in [3.63, 3.8) is 0 Å². The maximum atomic E-state index is 13.0. The SMILES string of the molecule is CCN(C(=O)CSc1nnc(-c2cccc(C)c2)n1-c1ccccc1)[C@H]1CCS(=O)(=O)C1. The summed E-state index contributed by atoms with van der Waals surface area (Å²) in [6, 6.07) is 17.6. The Balaban J connectivity index is 1.59. The van der Waals surface area contributed by atoms with E-state index in [0.29, 0.717) is 23.9 Å². The van der Waals surface area contributed by atoms with Crippen LogP contribution in [0.25, 0.3) is 17.1 Å².